The third-order valence-electron chi connectivity index (χ3n) is 1.88. The van der Waals surface area contributed by atoms with E-state index < -0.39 is 0 Å². The van der Waals surface area contributed by atoms with Crippen LogP contribution in [0.1, 0.15) is 0 Å². The van der Waals surface area contributed by atoms with Crippen LogP contribution in [0.25, 0.3) is 10.1 Å². The average molecular weight is 223 g/mol. The molecule has 0 saturated carbocycles. The van der Waals surface area contributed by atoms with Crippen molar-refractivity contribution in [1.82, 2.24) is 0 Å². The highest BCUT2D eigenvalue weighted by Gasteiger charge is 2.00. The third kappa shape index (κ3) is 1.91. The normalized spacial score (nSPS) is 10.4. The van der Waals surface area contributed by atoms with Gasteiger partial charge in [0, 0.05) is 10.4 Å². The van der Waals surface area contributed by atoms with Crippen LogP contribution < -0.4 is 5.32 Å². The fraction of sp³-hybridized carbons (Fsp3) is 0.100. The van der Waals surface area contributed by atoms with Crippen molar-refractivity contribution in [2.45, 2.75) is 0 Å². The molecule has 0 bridgehead atoms. The molecule has 1 N–H and O–H groups in total. The molecule has 2 rings (SSSR count). The number of fused-ring (bicyclic) bond motifs is 1. The van der Waals surface area contributed by atoms with Gasteiger partial charge >= 0.3 is 0 Å². The standard InChI is InChI=1S/C10H9NOS2/c12-10(6-13)11-8-1-2-9-7(5-8)3-4-14-9/h1-5,13H,6H2,(H,11,12). The van der Waals surface area contributed by atoms with Crippen LogP contribution in [-0.4, -0.2) is 11.7 Å². The Kier molecular flexibility index (Phi) is 2.74. The predicted octanol–water partition coefficient (Wildman–Crippen LogP) is 2.77. The van der Waals surface area contributed by atoms with Gasteiger partial charge in [-0.15, -0.1) is 11.3 Å². The van der Waals surface area contributed by atoms with Crippen molar-refractivity contribution >= 4 is 45.6 Å². The van der Waals surface area contributed by atoms with Crippen LogP contribution in [0.5, 0.6) is 0 Å². The summed E-state index contributed by atoms with van der Waals surface area (Å²) < 4.78 is 1.23. The molecule has 0 aliphatic heterocycles. The molecule has 0 saturated heterocycles. The van der Waals surface area contributed by atoms with Crippen LogP contribution in [0.3, 0.4) is 0 Å². The van der Waals surface area contributed by atoms with Crippen molar-refractivity contribution in [3.63, 3.8) is 0 Å². The van der Waals surface area contributed by atoms with E-state index in [9.17, 15) is 4.79 Å². The van der Waals surface area contributed by atoms with Gasteiger partial charge in [-0.3, -0.25) is 4.79 Å². The van der Waals surface area contributed by atoms with Crippen LogP contribution in [-0.2, 0) is 4.79 Å². The number of thiophene rings is 1. The van der Waals surface area contributed by atoms with E-state index in [-0.39, 0.29) is 11.7 Å². The Morgan fingerprint density at radius 1 is 1.43 bits per heavy atom. The summed E-state index contributed by atoms with van der Waals surface area (Å²) >= 11 is 5.59. The molecule has 1 amide bonds. The molecule has 0 atom stereocenters. The average Bonchev–Trinajstić information content (AvgIpc) is 2.64. The quantitative estimate of drug-likeness (QED) is 0.753. The molecule has 72 valence electrons. The van der Waals surface area contributed by atoms with Gasteiger partial charge in [-0.1, -0.05) is 0 Å². The highest BCUT2D eigenvalue weighted by molar-refractivity contribution is 7.81. The minimum Gasteiger partial charge on any atom is -0.325 e. The van der Waals surface area contributed by atoms with Crippen molar-refractivity contribution in [2.24, 2.45) is 0 Å². The molecule has 1 heterocycles. The zero-order valence-corrected chi connectivity index (χ0v) is 9.07. The van der Waals surface area contributed by atoms with Crippen LogP contribution in [0, 0.1) is 0 Å². The lowest BCUT2D eigenvalue weighted by Gasteiger charge is -2.02. The van der Waals surface area contributed by atoms with Gasteiger partial charge in [0.15, 0.2) is 0 Å². The second kappa shape index (κ2) is 4.02. The lowest BCUT2D eigenvalue weighted by atomic mass is 10.2. The second-order valence-electron chi connectivity index (χ2n) is 2.88. The maximum atomic E-state index is 11.1. The first-order valence-corrected chi connectivity index (χ1v) is 5.69. The largest absolute Gasteiger partial charge is 0.325 e. The summed E-state index contributed by atoms with van der Waals surface area (Å²) in [5.74, 6) is 0.129. The summed E-state index contributed by atoms with van der Waals surface area (Å²) in [5, 5.41) is 5.96. The number of rotatable bonds is 2. The van der Waals surface area contributed by atoms with E-state index in [4.69, 9.17) is 0 Å². The number of amides is 1. The number of hydrogen-bond donors (Lipinski definition) is 2. The van der Waals surface area contributed by atoms with Crippen molar-refractivity contribution in [3.05, 3.63) is 29.6 Å². The van der Waals surface area contributed by atoms with Gasteiger partial charge in [0.25, 0.3) is 0 Å². The molecule has 0 unspecified atom stereocenters. The number of benzene rings is 1. The van der Waals surface area contributed by atoms with Gasteiger partial charge in [-0.25, -0.2) is 0 Å². The van der Waals surface area contributed by atoms with Crippen molar-refractivity contribution in [3.8, 4) is 0 Å². The van der Waals surface area contributed by atoms with Crippen molar-refractivity contribution in [2.75, 3.05) is 11.1 Å². The number of anilines is 1. The minimum atomic E-state index is -0.0806. The predicted molar refractivity (Wildman–Crippen MR) is 64.3 cm³/mol. The van der Waals surface area contributed by atoms with Gasteiger partial charge in [0.1, 0.15) is 0 Å². The molecule has 14 heavy (non-hydrogen) atoms. The molecule has 0 spiro atoms. The maximum absolute atomic E-state index is 11.1. The Labute approximate surface area is 91.3 Å². The van der Waals surface area contributed by atoms with Crippen molar-refractivity contribution < 1.29 is 4.79 Å². The van der Waals surface area contributed by atoms with Crippen LogP contribution in [0.4, 0.5) is 5.69 Å². The summed E-state index contributed by atoms with van der Waals surface area (Å²) in [5.41, 5.74) is 0.829. The second-order valence-corrected chi connectivity index (χ2v) is 4.14. The summed E-state index contributed by atoms with van der Waals surface area (Å²) in [6, 6.07) is 7.91. The highest BCUT2D eigenvalue weighted by atomic mass is 32.1. The third-order valence-corrected chi connectivity index (χ3v) is 3.06. The highest BCUT2D eigenvalue weighted by Crippen LogP contribution is 2.23. The fourth-order valence-corrected chi connectivity index (χ4v) is 2.09. The molecule has 0 aliphatic rings. The number of hydrogen-bond acceptors (Lipinski definition) is 3. The van der Waals surface area contributed by atoms with Gasteiger partial charge in [0.05, 0.1) is 5.75 Å². The first-order valence-electron chi connectivity index (χ1n) is 4.17. The van der Waals surface area contributed by atoms with Gasteiger partial charge < -0.3 is 5.32 Å². The number of carbonyl (C=O) groups is 1. The molecule has 1 aromatic heterocycles. The molecule has 2 aromatic rings. The summed E-state index contributed by atoms with van der Waals surface area (Å²) in [7, 11) is 0. The molecule has 0 aliphatic carbocycles. The van der Waals surface area contributed by atoms with E-state index in [1.807, 2.05) is 29.6 Å². The number of carbonyl (C=O) groups excluding carboxylic acids is 1. The Balaban J connectivity index is 2.30. The summed E-state index contributed by atoms with van der Waals surface area (Å²) in [4.78, 5) is 11.1. The Morgan fingerprint density at radius 2 is 2.29 bits per heavy atom. The summed E-state index contributed by atoms with van der Waals surface area (Å²) in [6.45, 7) is 0. The zero-order chi connectivity index (χ0) is 9.97. The minimum absolute atomic E-state index is 0.0806. The lowest BCUT2D eigenvalue weighted by Crippen LogP contribution is -2.12. The first-order chi connectivity index (χ1) is 6.79. The van der Waals surface area contributed by atoms with Crippen molar-refractivity contribution in [1.29, 1.82) is 0 Å². The Hall–Kier alpha value is -1.00. The molecule has 1 aromatic carbocycles. The first kappa shape index (κ1) is 9.55. The van der Waals surface area contributed by atoms with E-state index in [1.54, 1.807) is 11.3 Å². The monoisotopic (exact) mass is 223 g/mol. The number of thiol groups is 1. The fourth-order valence-electron chi connectivity index (χ4n) is 1.24. The van der Waals surface area contributed by atoms with E-state index in [2.05, 4.69) is 17.9 Å². The molecular formula is C10H9NOS2. The SMILES string of the molecule is O=C(CS)Nc1ccc2sccc2c1. The van der Waals surface area contributed by atoms with E-state index in [0.717, 1.165) is 11.1 Å². The maximum Gasteiger partial charge on any atom is 0.234 e. The Bertz CT molecular complexity index is 464. The number of nitrogens with one attached hydrogen (secondary N) is 1. The van der Waals surface area contributed by atoms with E-state index >= 15 is 0 Å². The molecule has 4 heteroatoms. The van der Waals surface area contributed by atoms with E-state index in [0.29, 0.717) is 0 Å². The van der Waals surface area contributed by atoms with Gasteiger partial charge in [-0.2, -0.15) is 12.6 Å². The zero-order valence-electron chi connectivity index (χ0n) is 7.36. The van der Waals surface area contributed by atoms with Crippen LogP contribution >= 0.6 is 24.0 Å². The Morgan fingerprint density at radius 3 is 3.07 bits per heavy atom. The molecule has 0 fully saturated rings. The molecule has 2 nitrogen and oxygen atoms in total. The van der Waals surface area contributed by atoms with E-state index in [1.165, 1.54) is 4.70 Å². The molecule has 0 radical (unpaired) electrons. The topological polar surface area (TPSA) is 29.1 Å². The van der Waals surface area contributed by atoms with Gasteiger partial charge in [-0.05, 0) is 35.0 Å². The smallest absolute Gasteiger partial charge is 0.234 e. The summed E-state index contributed by atoms with van der Waals surface area (Å²) in [6.07, 6.45) is 0. The van der Waals surface area contributed by atoms with Crippen LogP contribution in [0.2, 0.25) is 0 Å². The lowest BCUT2D eigenvalue weighted by molar-refractivity contribution is -0.113. The van der Waals surface area contributed by atoms with Gasteiger partial charge in [0.2, 0.25) is 5.91 Å². The molecular weight excluding hydrogens is 214 g/mol. The van der Waals surface area contributed by atoms with Crippen LogP contribution in [0.15, 0.2) is 29.6 Å².